The number of rotatable bonds is 19. The maximum atomic E-state index is 6.14. The van der Waals surface area contributed by atoms with Gasteiger partial charge in [0.05, 0.1) is 39.6 Å². The molecule has 10 nitrogen and oxygen atoms in total. The van der Waals surface area contributed by atoms with Crippen molar-refractivity contribution in [3.63, 3.8) is 0 Å². The molecule has 55 heavy (non-hydrogen) atoms. The summed E-state index contributed by atoms with van der Waals surface area (Å²) >= 11 is 0. The van der Waals surface area contributed by atoms with Gasteiger partial charge in [0, 0.05) is 64.0 Å². The summed E-state index contributed by atoms with van der Waals surface area (Å²) in [5.41, 5.74) is 8.49. The second kappa shape index (κ2) is 20.4. The molecule has 0 bridgehead atoms. The van der Waals surface area contributed by atoms with Crippen molar-refractivity contribution in [1.82, 2.24) is 25.4 Å². The Kier molecular flexibility index (Phi) is 14.6. The SMILES string of the molecule is CC1CC(CN2CCOCC2)=CC=C1CNCCCOc1ccc2nc(-c3ccc(OCCCNCC4=CC=C(CN5CCOCC5)C(C)C4)cc3)oc2c1. The summed E-state index contributed by atoms with van der Waals surface area (Å²) in [5, 5.41) is 7.22. The van der Waals surface area contributed by atoms with E-state index in [9.17, 15) is 0 Å². The number of morpholine rings is 2. The first-order valence-corrected chi connectivity index (χ1v) is 20.6. The minimum absolute atomic E-state index is 0.574. The Labute approximate surface area is 327 Å². The molecule has 2 unspecified atom stereocenters. The van der Waals surface area contributed by atoms with E-state index in [2.05, 4.69) is 58.6 Å². The number of fused-ring (bicyclic) bond motifs is 1. The van der Waals surface area contributed by atoms with Gasteiger partial charge >= 0.3 is 0 Å². The molecule has 3 heterocycles. The van der Waals surface area contributed by atoms with E-state index in [4.69, 9.17) is 28.3 Å². The van der Waals surface area contributed by atoms with E-state index in [0.29, 0.717) is 30.9 Å². The van der Waals surface area contributed by atoms with E-state index in [0.717, 1.165) is 146 Å². The van der Waals surface area contributed by atoms with E-state index >= 15 is 0 Å². The molecule has 0 spiro atoms. The van der Waals surface area contributed by atoms with Gasteiger partial charge in [0.1, 0.15) is 17.0 Å². The van der Waals surface area contributed by atoms with Gasteiger partial charge in [0.15, 0.2) is 5.58 Å². The van der Waals surface area contributed by atoms with Crippen molar-refractivity contribution in [2.24, 2.45) is 11.8 Å². The summed E-state index contributed by atoms with van der Waals surface area (Å²) in [6.07, 6.45) is 13.5. The summed E-state index contributed by atoms with van der Waals surface area (Å²) in [5.74, 6) is 3.41. The molecule has 2 N–H and O–H groups in total. The lowest BCUT2D eigenvalue weighted by atomic mass is 9.88. The number of benzene rings is 2. The van der Waals surface area contributed by atoms with Crippen molar-refractivity contribution in [1.29, 1.82) is 0 Å². The third kappa shape index (κ3) is 11.9. The molecule has 0 radical (unpaired) electrons. The van der Waals surface area contributed by atoms with Crippen LogP contribution >= 0.6 is 0 Å². The summed E-state index contributed by atoms with van der Waals surface area (Å²) in [6, 6.07) is 13.9. The lowest BCUT2D eigenvalue weighted by molar-refractivity contribution is 0.0413. The topological polar surface area (TPSA) is 93.5 Å². The molecule has 0 amide bonds. The zero-order valence-electron chi connectivity index (χ0n) is 33.0. The highest BCUT2D eigenvalue weighted by atomic mass is 16.5. The van der Waals surface area contributed by atoms with Crippen LogP contribution in [0.1, 0.15) is 39.5 Å². The average molecular weight is 752 g/mol. The molecule has 2 saturated heterocycles. The third-order valence-electron chi connectivity index (χ3n) is 11.2. The van der Waals surface area contributed by atoms with Crippen LogP contribution in [-0.4, -0.2) is 120 Å². The summed E-state index contributed by atoms with van der Waals surface area (Å²) in [6.45, 7) is 19.4. The van der Waals surface area contributed by atoms with Crippen molar-refractivity contribution >= 4 is 11.1 Å². The predicted octanol–water partition coefficient (Wildman–Crippen LogP) is 6.66. The minimum Gasteiger partial charge on any atom is -0.494 e. The lowest BCUT2D eigenvalue weighted by Gasteiger charge is -2.31. The molecule has 0 saturated carbocycles. The Morgan fingerprint density at radius 1 is 0.673 bits per heavy atom. The Morgan fingerprint density at radius 3 is 1.98 bits per heavy atom. The Morgan fingerprint density at radius 2 is 1.27 bits per heavy atom. The third-order valence-corrected chi connectivity index (χ3v) is 11.2. The highest BCUT2D eigenvalue weighted by Gasteiger charge is 2.20. The van der Waals surface area contributed by atoms with Crippen LogP contribution in [0.3, 0.4) is 0 Å². The fraction of sp³-hybridized carbons (Fsp3) is 0.533. The van der Waals surface area contributed by atoms with Gasteiger partial charge < -0.3 is 34.0 Å². The van der Waals surface area contributed by atoms with Crippen LogP contribution in [0.25, 0.3) is 22.6 Å². The monoisotopic (exact) mass is 751 g/mol. The zero-order chi connectivity index (χ0) is 37.7. The van der Waals surface area contributed by atoms with E-state index < -0.39 is 0 Å². The number of hydrogen-bond acceptors (Lipinski definition) is 10. The number of nitrogens with one attached hydrogen (secondary N) is 2. The molecule has 296 valence electrons. The highest BCUT2D eigenvalue weighted by Crippen LogP contribution is 2.29. The molecular formula is C45H61N5O5. The number of nitrogens with zero attached hydrogens (tertiary/aromatic N) is 3. The Bertz CT molecular complexity index is 1780. The van der Waals surface area contributed by atoms with Crippen molar-refractivity contribution in [3.8, 4) is 23.0 Å². The molecule has 7 rings (SSSR count). The van der Waals surface area contributed by atoms with E-state index in [1.807, 2.05) is 42.5 Å². The molecule has 2 aliphatic carbocycles. The lowest BCUT2D eigenvalue weighted by Crippen LogP contribution is -2.38. The highest BCUT2D eigenvalue weighted by molar-refractivity contribution is 5.77. The van der Waals surface area contributed by atoms with Crippen LogP contribution in [0.2, 0.25) is 0 Å². The van der Waals surface area contributed by atoms with Crippen LogP contribution in [0.5, 0.6) is 11.5 Å². The number of allylic oxidation sites excluding steroid dienone is 4. The van der Waals surface area contributed by atoms with Gasteiger partial charge in [-0.25, -0.2) is 4.98 Å². The average Bonchev–Trinajstić information content (AvgIpc) is 3.64. The summed E-state index contributed by atoms with van der Waals surface area (Å²) < 4.78 is 29.2. The second-order valence-electron chi connectivity index (χ2n) is 15.6. The molecule has 2 fully saturated rings. The number of hydrogen-bond donors (Lipinski definition) is 2. The smallest absolute Gasteiger partial charge is 0.227 e. The molecule has 1 aromatic heterocycles. The van der Waals surface area contributed by atoms with Crippen LogP contribution in [-0.2, 0) is 9.47 Å². The van der Waals surface area contributed by atoms with Gasteiger partial charge in [-0.05, 0) is 87.0 Å². The molecule has 2 atom stereocenters. The van der Waals surface area contributed by atoms with Crippen LogP contribution < -0.4 is 20.1 Å². The standard InChI is InChI=1S/C45H61N5O5/c1-34-28-37(32-49-17-23-51-24-18-49)6-7-39(34)31-47-16-4-22-54-42-13-14-43-44(29-42)55-45(48-43)38-9-11-41(12-10-38)53-21-3-15-46-30-36-5-8-40(35(2)27-36)33-50-19-25-52-26-20-50/h5-14,29,34-35,46-47H,3-4,15-28,30-33H2,1-2H3. The predicted molar refractivity (Wildman–Crippen MR) is 220 cm³/mol. The molecule has 2 aliphatic heterocycles. The van der Waals surface area contributed by atoms with Gasteiger partial charge in [-0.1, -0.05) is 60.4 Å². The largest absolute Gasteiger partial charge is 0.494 e. The molecular weight excluding hydrogens is 691 g/mol. The Balaban J connectivity index is 0.770. The first-order chi connectivity index (χ1) is 27.1. The van der Waals surface area contributed by atoms with Gasteiger partial charge in [-0.2, -0.15) is 0 Å². The molecule has 10 heteroatoms. The summed E-state index contributed by atoms with van der Waals surface area (Å²) in [4.78, 5) is 9.73. The van der Waals surface area contributed by atoms with Crippen LogP contribution in [0, 0.1) is 11.8 Å². The maximum Gasteiger partial charge on any atom is 0.227 e. The van der Waals surface area contributed by atoms with E-state index in [1.165, 1.54) is 16.7 Å². The minimum atomic E-state index is 0.574. The van der Waals surface area contributed by atoms with Gasteiger partial charge in [-0.15, -0.1) is 0 Å². The van der Waals surface area contributed by atoms with Crippen molar-refractivity contribution in [2.45, 2.75) is 39.5 Å². The number of ether oxygens (including phenoxy) is 4. The fourth-order valence-corrected chi connectivity index (χ4v) is 7.79. The van der Waals surface area contributed by atoms with Gasteiger partial charge in [-0.3, -0.25) is 9.80 Å². The van der Waals surface area contributed by atoms with Gasteiger partial charge in [0.2, 0.25) is 5.89 Å². The maximum absolute atomic E-state index is 6.14. The van der Waals surface area contributed by atoms with Crippen molar-refractivity contribution < 1.29 is 23.4 Å². The summed E-state index contributed by atoms with van der Waals surface area (Å²) in [7, 11) is 0. The second-order valence-corrected chi connectivity index (χ2v) is 15.6. The number of oxazole rings is 1. The number of aromatic nitrogens is 1. The molecule has 2 aromatic carbocycles. The van der Waals surface area contributed by atoms with E-state index in [1.54, 1.807) is 5.57 Å². The van der Waals surface area contributed by atoms with Crippen molar-refractivity contribution in [2.75, 3.05) is 105 Å². The molecule has 3 aromatic rings. The molecule has 4 aliphatic rings. The Hall–Kier alpha value is -3.77. The van der Waals surface area contributed by atoms with Crippen molar-refractivity contribution in [3.05, 3.63) is 89.1 Å². The normalized spacial score (nSPS) is 21.2. The van der Waals surface area contributed by atoms with Crippen LogP contribution in [0.15, 0.2) is 93.5 Å². The van der Waals surface area contributed by atoms with Gasteiger partial charge in [0.25, 0.3) is 0 Å². The van der Waals surface area contributed by atoms with Crippen LogP contribution in [0.4, 0.5) is 0 Å². The first kappa shape index (κ1) is 39.5. The zero-order valence-corrected chi connectivity index (χ0v) is 33.0. The van der Waals surface area contributed by atoms with E-state index in [-0.39, 0.29) is 0 Å². The fourth-order valence-electron chi connectivity index (χ4n) is 7.79. The first-order valence-electron chi connectivity index (χ1n) is 20.6. The quantitative estimate of drug-likeness (QED) is 0.130.